The number of aliphatic hydroxyl groups is 2. The van der Waals surface area contributed by atoms with Crippen LogP contribution < -0.4 is 0 Å². The van der Waals surface area contributed by atoms with Gasteiger partial charge in [0.05, 0.1) is 13.2 Å². The van der Waals surface area contributed by atoms with E-state index in [0.29, 0.717) is 16.5 Å². The molecule has 0 fully saturated rings. The van der Waals surface area contributed by atoms with Gasteiger partial charge in [-0.25, -0.2) is 0 Å². The normalized spacial score (nSPS) is 10.9. The van der Waals surface area contributed by atoms with Crippen molar-refractivity contribution in [3.8, 4) is 5.75 Å². The lowest BCUT2D eigenvalue weighted by Crippen LogP contribution is -1.96. The second kappa shape index (κ2) is 4.12. The first-order valence-corrected chi connectivity index (χ1v) is 5.13. The molecule has 3 heteroatoms. The van der Waals surface area contributed by atoms with Crippen LogP contribution in [0.15, 0.2) is 24.3 Å². The second-order valence-corrected chi connectivity index (χ2v) is 3.90. The highest BCUT2D eigenvalue weighted by atomic mass is 16.3. The molecule has 3 N–H and O–H groups in total. The molecule has 84 valence electrons. The van der Waals surface area contributed by atoms with Crippen molar-refractivity contribution < 1.29 is 15.3 Å². The van der Waals surface area contributed by atoms with Crippen LogP contribution >= 0.6 is 0 Å². The lowest BCUT2D eigenvalue weighted by Gasteiger charge is -2.11. The van der Waals surface area contributed by atoms with Crippen LogP contribution in [-0.4, -0.2) is 15.3 Å². The molecule has 2 rings (SSSR count). The van der Waals surface area contributed by atoms with E-state index in [9.17, 15) is 10.2 Å². The molecule has 0 atom stereocenters. The Hall–Kier alpha value is -1.58. The largest absolute Gasteiger partial charge is 0.507 e. The molecule has 2 aromatic carbocycles. The fourth-order valence-corrected chi connectivity index (χ4v) is 2.04. The predicted molar refractivity (Wildman–Crippen MR) is 62.2 cm³/mol. The highest BCUT2D eigenvalue weighted by Gasteiger charge is 2.10. The lowest BCUT2D eigenvalue weighted by atomic mass is 9.97. The Kier molecular flexibility index (Phi) is 2.81. The molecule has 0 amide bonds. The molecular formula is C13H14O3. The molecule has 0 saturated heterocycles. The van der Waals surface area contributed by atoms with E-state index in [0.717, 1.165) is 10.9 Å². The first-order chi connectivity index (χ1) is 7.67. The molecule has 3 nitrogen and oxygen atoms in total. The third-order valence-corrected chi connectivity index (χ3v) is 2.77. The van der Waals surface area contributed by atoms with Gasteiger partial charge in [0.25, 0.3) is 0 Å². The molecule has 0 aromatic heterocycles. The van der Waals surface area contributed by atoms with Crippen molar-refractivity contribution in [2.45, 2.75) is 20.1 Å². The highest BCUT2D eigenvalue weighted by Crippen LogP contribution is 2.31. The van der Waals surface area contributed by atoms with E-state index in [1.807, 2.05) is 19.1 Å². The van der Waals surface area contributed by atoms with E-state index in [2.05, 4.69) is 0 Å². The Morgan fingerprint density at radius 2 is 1.81 bits per heavy atom. The van der Waals surface area contributed by atoms with Gasteiger partial charge in [0.1, 0.15) is 5.75 Å². The van der Waals surface area contributed by atoms with Crippen LogP contribution in [0.4, 0.5) is 0 Å². The zero-order valence-corrected chi connectivity index (χ0v) is 9.07. The summed E-state index contributed by atoms with van der Waals surface area (Å²) >= 11 is 0. The number of rotatable bonds is 2. The molecule has 0 aliphatic carbocycles. The summed E-state index contributed by atoms with van der Waals surface area (Å²) in [4.78, 5) is 0. The maximum atomic E-state index is 9.89. The Labute approximate surface area is 93.6 Å². The summed E-state index contributed by atoms with van der Waals surface area (Å²) in [5.74, 6) is 0.148. The molecule has 0 heterocycles. The predicted octanol–water partition coefficient (Wildman–Crippen LogP) is 1.84. The van der Waals surface area contributed by atoms with E-state index in [1.54, 1.807) is 12.1 Å². The maximum Gasteiger partial charge on any atom is 0.124 e. The van der Waals surface area contributed by atoms with Gasteiger partial charge in [-0.2, -0.15) is 0 Å². The number of aryl methyl sites for hydroxylation is 1. The standard InChI is InChI=1S/C13H14O3/c1-8-4-9-2-3-10(6-14)11(7-15)13(9)12(16)5-8/h2-5,14-16H,6-7H2,1H3. The van der Waals surface area contributed by atoms with Gasteiger partial charge in [-0.3, -0.25) is 0 Å². The van der Waals surface area contributed by atoms with Crippen molar-refractivity contribution in [1.29, 1.82) is 0 Å². The Morgan fingerprint density at radius 3 is 2.44 bits per heavy atom. The molecule has 0 radical (unpaired) electrons. The zero-order valence-electron chi connectivity index (χ0n) is 9.07. The van der Waals surface area contributed by atoms with Crippen LogP contribution in [-0.2, 0) is 13.2 Å². The van der Waals surface area contributed by atoms with Gasteiger partial charge in [-0.1, -0.05) is 18.2 Å². The number of hydrogen-bond donors (Lipinski definition) is 3. The summed E-state index contributed by atoms with van der Waals surface area (Å²) in [5.41, 5.74) is 2.21. The smallest absolute Gasteiger partial charge is 0.124 e. The second-order valence-electron chi connectivity index (χ2n) is 3.90. The van der Waals surface area contributed by atoms with Crippen LogP contribution in [0.5, 0.6) is 5.75 Å². The third-order valence-electron chi connectivity index (χ3n) is 2.77. The average molecular weight is 218 g/mol. The molecular weight excluding hydrogens is 204 g/mol. The fraction of sp³-hybridized carbons (Fsp3) is 0.231. The van der Waals surface area contributed by atoms with Crippen LogP contribution in [0.25, 0.3) is 10.8 Å². The average Bonchev–Trinajstić information content (AvgIpc) is 2.27. The number of benzene rings is 2. The summed E-state index contributed by atoms with van der Waals surface area (Å²) in [6.45, 7) is 1.57. The molecule has 16 heavy (non-hydrogen) atoms. The van der Waals surface area contributed by atoms with Gasteiger partial charge in [0.2, 0.25) is 0 Å². The molecule has 0 spiro atoms. The minimum atomic E-state index is -0.191. The van der Waals surface area contributed by atoms with Gasteiger partial charge in [0, 0.05) is 5.39 Å². The topological polar surface area (TPSA) is 60.7 Å². The van der Waals surface area contributed by atoms with Gasteiger partial charge >= 0.3 is 0 Å². The summed E-state index contributed by atoms with van der Waals surface area (Å²) in [6, 6.07) is 7.21. The monoisotopic (exact) mass is 218 g/mol. The Morgan fingerprint density at radius 1 is 1.06 bits per heavy atom. The number of aromatic hydroxyl groups is 1. The fourth-order valence-electron chi connectivity index (χ4n) is 2.04. The summed E-state index contributed by atoms with van der Waals surface area (Å²) in [5, 5.41) is 29.9. The molecule has 0 unspecified atom stereocenters. The maximum absolute atomic E-state index is 9.89. The van der Waals surface area contributed by atoms with Crippen LogP contribution in [0, 0.1) is 6.92 Å². The number of fused-ring (bicyclic) bond motifs is 1. The quantitative estimate of drug-likeness (QED) is 0.720. The summed E-state index contributed by atoms with van der Waals surface area (Å²) in [6.07, 6.45) is 0. The van der Waals surface area contributed by atoms with Crippen LogP contribution in [0.2, 0.25) is 0 Å². The van der Waals surface area contributed by atoms with E-state index in [-0.39, 0.29) is 19.0 Å². The Balaban J connectivity index is 2.86. The van der Waals surface area contributed by atoms with Crippen molar-refractivity contribution >= 4 is 10.8 Å². The summed E-state index contributed by atoms with van der Waals surface area (Å²) < 4.78 is 0. The van der Waals surface area contributed by atoms with E-state index < -0.39 is 0 Å². The molecule has 0 aliphatic heterocycles. The van der Waals surface area contributed by atoms with Gasteiger partial charge in [-0.15, -0.1) is 0 Å². The Bertz CT molecular complexity index is 532. The van der Waals surface area contributed by atoms with Crippen molar-refractivity contribution in [3.05, 3.63) is 41.0 Å². The van der Waals surface area contributed by atoms with Crippen LogP contribution in [0.1, 0.15) is 16.7 Å². The third kappa shape index (κ3) is 1.64. The van der Waals surface area contributed by atoms with Crippen molar-refractivity contribution in [3.63, 3.8) is 0 Å². The van der Waals surface area contributed by atoms with E-state index in [4.69, 9.17) is 5.11 Å². The van der Waals surface area contributed by atoms with Crippen molar-refractivity contribution in [2.24, 2.45) is 0 Å². The summed E-state index contributed by atoms with van der Waals surface area (Å²) in [7, 11) is 0. The molecule has 2 aromatic rings. The SMILES string of the molecule is Cc1cc(O)c2c(CO)c(CO)ccc2c1. The number of aliphatic hydroxyl groups excluding tert-OH is 2. The van der Waals surface area contributed by atoms with Crippen molar-refractivity contribution in [1.82, 2.24) is 0 Å². The zero-order chi connectivity index (χ0) is 11.7. The molecule has 0 aliphatic rings. The van der Waals surface area contributed by atoms with Gasteiger partial charge < -0.3 is 15.3 Å². The first kappa shape index (κ1) is 10.9. The highest BCUT2D eigenvalue weighted by molar-refractivity contribution is 5.92. The van der Waals surface area contributed by atoms with E-state index in [1.165, 1.54) is 0 Å². The molecule has 0 saturated carbocycles. The van der Waals surface area contributed by atoms with Crippen molar-refractivity contribution in [2.75, 3.05) is 0 Å². The van der Waals surface area contributed by atoms with E-state index >= 15 is 0 Å². The molecule has 0 bridgehead atoms. The van der Waals surface area contributed by atoms with Gasteiger partial charge in [0.15, 0.2) is 0 Å². The number of phenols is 1. The lowest BCUT2D eigenvalue weighted by molar-refractivity contribution is 0.261. The minimum Gasteiger partial charge on any atom is -0.507 e. The number of hydrogen-bond acceptors (Lipinski definition) is 3. The number of phenolic OH excluding ortho intramolecular Hbond substituents is 1. The minimum absolute atomic E-state index is 0.140. The van der Waals surface area contributed by atoms with Gasteiger partial charge in [-0.05, 0) is 35.1 Å². The van der Waals surface area contributed by atoms with Crippen LogP contribution in [0.3, 0.4) is 0 Å². The first-order valence-electron chi connectivity index (χ1n) is 5.13.